The molecule has 4 aromatic rings. The van der Waals surface area contributed by atoms with Crippen molar-refractivity contribution in [3.8, 4) is 0 Å². The normalized spacial score (nSPS) is 25.0. The predicted molar refractivity (Wildman–Crippen MR) is 205 cm³/mol. The number of aromatic amines is 2. The van der Waals surface area contributed by atoms with Gasteiger partial charge < -0.3 is 38.6 Å². The van der Waals surface area contributed by atoms with Crippen LogP contribution in [0.25, 0.3) is 21.8 Å². The molecule has 8 rings (SSSR count). The second-order valence-electron chi connectivity index (χ2n) is 14.6. The maximum atomic E-state index is 12.0. The Balaban J connectivity index is 0.000000150. The number of likely N-dealkylation sites (tertiary alicyclic amines) is 1. The number of benzene rings is 2. The largest absolute Gasteiger partial charge is 0.497 e. The minimum absolute atomic E-state index is 0.129. The molecule has 4 aliphatic rings. The van der Waals surface area contributed by atoms with Crippen molar-refractivity contribution in [3.05, 3.63) is 95.7 Å². The van der Waals surface area contributed by atoms with E-state index in [9.17, 15) is 14.4 Å². The zero-order chi connectivity index (χ0) is 37.3. The number of carbonyl (C=O) groups is 3. The summed E-state index contributed by atoms with van der Waals surface area (Å²) in [7, 11) is 2.87. The van der Waals surface area contributed by atoms with E-state index in [-0.39, 0.29) is 30.1 Å². The van der Waals surface area contributed by atoms with Gasteiger partial charge in [0, 0.05) is 77.4 Å². The van der Waals surface area contributed by atoms with Gasteiger partial charge in [-0.1, -0.05) is 49.2 Å². The maximum absolute atomic E-state index is 12.0. The summed E-state index contributed by atoms with van der Waals surface area (Å²) in [6.45, 7) is 7.18. The number of H-pyrrole nitrogens is 2. The summed E-state index contributed by atoms with van der Waals surface area (Å²) in [5.74, 6) is 0.965. The molecule has 282 valence electrons. The highest BCUT2D eigenvalue weighted by molar-refractivity contribution is 5.89. The van der Waals surface area contributed by atoms with Gasteiger partial charge in [-0.2, -0.15) is 0 Å². The van der Waals surface area contributed by atoms with Crippen LogP contribution in [0.2, 0.25) is 0 Å². The Bertz CT molecular complexity index is 1920. The molecule has 10 heteroatoms. The number of carbonyl (C=O) groups excluding carboxylic acids is 3. The Morgan fingerprint density at radius 1 is 0.774 bits per heavy atom. The molecule has 53 heavy (non-hydrogen) atoms. The Morgan fingerprint density at radius 3 is 1.94 bits per heavy atom. The molecule has 2 N–H and O–H groups in total. The van der Waals surface area contributed by atoms with E-state index >= 15 is 0 Å². The quantitative estimate of drug-likeness (QED) is 0.151. The summed E-state index contributed by atoms with van der Waals surface area (Å²) in [5, 5.41) is 2.46. The van der Waals surface area contributed by atoms with Crippen LogP contribution in [-0.2, 0) is 46.2 Å². The van der Waals surface area contributed by atoms with Crippen molar-refractivity contribution in [1.82, 2.24) is 14.9 Å². The van der Waals surface area contributed by atoms with Crippen LogP contribution < -0.4 is 0 Å². The first-order valence-electron chi connectivity index (χ1n) is 19.0. The minimum Gasteiger partial charge on any atom is -0.497 e. The second kappa shape index (κ2) is 17.8. The first-order chi connectivity index (χ1) is 25.8. The Hall–Kier alpha value is -4.83. The number of ether oxygens (including phenoxy) is 4. The molecule has 0 amide bonds. The van der Waals surface area contributed by atoms with E-state index in [2.05, 4.69) is 59.2 Å². The highest BCUT2D eigenvalue weighted by Gasteiger charge is 2.41. The fourth-order valence-corrected chi connectivity index (χ4v) is 8.60. The van der Waals surface area contributed by atoms with E-state index in [1.807, 2.05) is 30.5 Å². The average Bonchev–Trinajstić information content (AvgIpc) is 3.82. The van der Waals surface area contributed by atoms with Crippen molar-refractivity contribution in [3.63, 3.8) is 0 Å². The van der Waals surface area contributed by atoms with Crippen molar-refractivity contribution < 1.29 is 33.3 Å². The highest BCUT2D eigenvalue weighted by atomic mass is 16.5. The standard InChI is InChI=1S/C21H26N2O3.C12H18O3.C10H9NO/c1-14-18-12-23(10-8-17(18)19(13-26-14)21(24)25-2)9-7-15-11-22-20-6-4-3-5-16(15)20;1-8-9-5-3-4-6-10(9)11(7-15-8)12(13)14-2;12-6-5-8-7-11-10-4-2-1-3-9(8)10/h3-6,11,13-14,17-18,22H,7-10,12H2,1-2H3;7-10H,3-6H2,1-2H3;1-4,6-7,11H,5H2/t14?,17-,18?;8?,9?,10-;/m00./s1. The molecule has 1 saturated carbocycles. The van der Waals surface area contributed by atoms with Crippen LogP contribution in [0, 0.1) is 23.7 Å². The van der Waals surface area contributed by atoms with Crippen molar-refractivity contribution in [2.24, 2.45) is 23.7 Å². The van der Waals surface area contributed by atoms with E-state index < -0.39 is 0 Å². The predicted octanol–water partition coefficient (Wildman–Crippen LogP) is 7.30. The molecule has 3 aliphatic heterocycles. The van der Waals surface area contributed by atoms with Crippen molar-refractivity contribution >= 4 is 40.0 Å². The van der Waals surface area contributed by atoms with Crippen molar-refractivity contribution in [2.75, 3.05) is 33.9 Å². The lowest BCUT2D eigenvalue weighted by molar-refractivity contribution is -0.139. The number of aromatic nitrogens is 2. The summed E-state index contributed by atoms with van der Waals surface area (Å²) < 4.78 is 21.0. The van der Waals surface area contributed by atoms with E-state index in [0.717, 1.165) is 67.2 Å². The molecule has 2 aromatic heterocycles. The number of rotatable bonds is 7. The lowest BCUT2D eigenvalue weighted by Gasteiger charge is -2.43. The summed E-state index contributed by atoms with van der Waals surface area (Å²) in [5.41, 5.74) is 6.16. The smallest absolute Gasteiger partial charge is 0.337 e. The maximum Gasteiger partial charge on any atom is 0.337 e. The number of aldehydes is 1. The third-order valence-electron chi connectivity index (χ3n) is 11.6. The summed E-state index contributed by atoms with van der Waals surface area (Å²) >= 11 is 0. The Kier molecular flexibility index (Phi) is 12.7. The molecule has 1 saturated heterocycles. The Morgan fingerprint density at radius 2 is 1.32 bits per heavy atom. The SMILES string of the molecule is COC(=O)C1=COC(C)C2CCCC[C@H]12.COC(=O)C1=COC(C)C2CN(CCc3c[nH]c4ccccc34)CC[C@H]12.O=CCc1c[nH]c2ccccc12. The number of piperidine rings is 1. The molecule has 2 aromatic carbocycles. The van der Waals surface area contributed by atoms with Gasteiger partial charge in [0.1, 0.15) is 6.29 Å². The lowest BCUT2D eigenvalue weighted by Crippen LogP contribution is -2.48. The third kappa shape index (κ3) is 8.70. The topological polar surface area (TPSA) is 123 Å². The number of esters is 2. The van der Waals surface area contributed by atoms with Gasteiger partial charge in [0.05, 0.1) is 50.1 Å². The molecule has 0 radical (unpaired) electrons. The molecule has 2 fully saturated rings. The molecule has 5 heterocycles. The Labute approximate surface area is 311 Å². The first kappa shape index (κ1) is 37.9. The van der Waals surface area contributed by atoms with Gasteiger partial charge in [-0.3, -0.25) is 0 Å². The van der Waals surface area contributed by atoms with Gasteiger partial charge in [0.2, 0.25) is 0 Å². The van der Waals surface area contributed by atoms with Crippen molar-refractivity contribution in [1.29, 1.82) is 0 Å². The van der Waals surface area contributed by atoms with Crippen LogP contribution in [0.15, 0.2) is 84.6 Å². The van der Waals surface area contributed by atoms with Crippen LogP contribution >= 0.6 is 0 Å². The molecule has 10 nitrogen and oxygen atoms in total. The number of nitrogens with one attached hydrogen (secondary N) is 2. The summed E-state index contributed by atoms with van der Waals surface area (Å²) in [6.07, 6.45) is 15.8. The molecular weight excluding hydrogens is 670 g/mol. The van der Waals surface area contributed by atoms with E-state index in [0.29, 0.717) is 29.7 Å². The third-order valence-corrected chi connectivity index (χ3v) is 11.6. The van der Waals surface area contributed by atoms with E-state index in [1.165, 1.54) is 49.9 Å². The molecule has 6 atom stereocenters. The van der Waals surface area contributed by atoms with Gasteiger partial charge in [-0.25, -0.2) is 9.59 Å². The van der Waals surface area contributed by atoms with Crippen LogP contribution in [0.1, 0.15) is 57.1 Å². The summed E-state index contributed by atoms with van der Waals surface area (Å²) in [6, 6.07) is 16.4. The van der Waals surface area contributed by atoms with Gasteiger partial charge in [0.15, 0.2) is 0 Å². The highest BCUT2D eigenvalue weighted by Crippen LogP contribution is 2.41. The fourth-order valence-electron chi connectivity index (χ4n) is 8.60. The fraction of sp³-hybridized carbons (Fsp3) is 0.465. The summed E-state index contributed by atoms with van der Waals surface area (Å²) in [4.78, 5) is 42.9. The zero-order valence-electron chi connectivity index (χ0n) is 31.3. The second-order valence-corrected chi connectivity index (χ2v) is 14.6. The van der Waals surface area contributed by atoms with Gasteiger partial charge in [-0.15, -0.1) is 0 Å². The van der Waals surface area contributed by atoms with E-state index in [4.69, 9.17) is 18.9 Å². The van der Waals surface area contributed by atoms with Crippen LogP contribution in [-0.4, -0.2) is 79.2 Å². The number of hydrogen-bond donors (Lipinski definition) is 2. The van der Waals surface area contributed by atoms with E-state index in [1.54, 1.807) is 12.5 Å². The number of fused-ring (bicyclic) bond motifs is 4. The minimum atomic E-state index is -0.251. The average molecular weight is 724 g/mol. The van der Waals surface area contributed by atoms with Crippen LogP contribution in [0.3, 0.4) is 0 Å². The van der Waals surface area contributed by atoms with Crippen molar-refractivity contribution in [2.45, 2.75) is 71.0 Å². The number of methoxy groups -OCH3 is 2. The lowest BCUT2D eigenvalue weighted by atomic mass is 9.72. The molecule has 0 spiro atoms. The van der Waals surface area contributed by atoms with Gasteiger partial charge >= 0.3 is 11.9 Å². The molecule has 4 unspecified atom stereocenters. The number of hydrogen-bond acceptors (Lipinski definition) is 8. The first-order valence-corrected chi connectivity index (χ1v) is 19.0. The molecule has 1 aliphatic carbocycles. The monoisotopic (exact) mass is 723 g/mol. The zero-order valence-corrected chi connectivity index (χ0v) is 31.3. The number of para-hydroxylation sites is 2. The van der Waals surface area contributed by atoms with Gasteiger partial charge in [0.25, 0.3) is 0 Å². The van der Waals surface area contributed by atoms with Crippen LogP contribution in [0.5, 0.6) is 0 Å². The van der Waals surface area contributed by atoms with Crippen LogP contribution in [0.4, 0.5) is 0 Å². The number of nitrogens with zero attached hydrogens (tertiary/aromatic N) is 1. The molecule has 0 bridgehead atoms. The molecular formula is C43H53N3O7. The van der Waals surface area contributed by atoms with Gasteiger partial charge in [-0.05, 0) is 69.3 Å².